The lowest BCUT2D eigenvalue weighted by Crippen LogP contribution is -2.16. The number of carbonyl (C=O) groups excluding carboxylic acids is 1. The molecule has 122 valence electrons. The lowest BCUT2D eigenvalue weighted by atomic mass is 10.1. The Labute approximate surface area is 143 Å². The van der Waals surface area contributed by atoms with Gasteiger partial charge in [-0.15, -0.1) is 0 Å². The van der Waals surface area contributed by atoms with Gasteiger partial charge in [0.2, 0.25) is 5.88 Å². The molecule has 0 saturated carbocycles. The highest BCUT2D eigenvalue weighted by atomic mass is 35.5. The third-order valence-electron chi connectivity index (χ3n) is 3.01. The smallest absolute Gasteiger partial charge is 0.253 e. The van der Waals surface area contributed by atoms with Crippen LogP contribution in [0.25, 0.3) is 0 Å². The average molecular weight is 356 g/mol. The fourth-order valence-corrected chi connectivity index (χ4v) is 2.56. The molecule has 0 aromatic carbocycles. The SMILES string of the molecule is COc1ncnc(C(C)C)c1Nc1nc(Cl)cc(Cl)c1C(N)=O. The molecule has 0 saturated heterocycles. The van der Waals surface area contributed by atoms with Crippen LogP contribution in [-0.2, 0) is 0 Å². The molecule has 7 nitrogen and oxygen atoms in total. The number of amides is 1. The number of nitrogens with one attached hydrogen (secondary N) is 1. The van der Waals surface area contributed by atoms with Gasteiger partial charge in [-0.25, -0.2) is 9.97 Å². The van der Waals surface area contributed by atoms with Gasteiger partial charge in [0, 0.05) is 0 Å². The molecule has 3 N–H and O–H groups in total. The summed E-state index contributed by atoms with van der Waals surface area (Å²) < 4.78 is 5.25. The van der Waals surface area contributed by atoms with Gasteiger partial charge in [-0.3, -0.25) is 4.79 Å². The fourth-order valence-electron chi connectivity index (χ4n) is 2.02. The van der Waals surface area contributed by atoms with Gasteiger partial charge in [0.25, 0.3) is 5.91 Å². The van der Waals surface area contributed by atoms with E-state index in [1.165, 1.54) is 19.5 Å². The number of aromatic nitrogens is 3. The van der Waals surface area contributed by atoms with Crippen LogP contribution in [-0.4, -0.2) is 28.0 Å². The van der Waals surface area contributed by atoms with Crippen molar-refractivity contribution in [1.29, 1.82) is 0 Å². The molecule has 0 aliphatic rings. The first-order chi connectivity index (χ1) is 10.8. The predicted octanol–water partition coefficient (Wildman–Crippen LogP) is 3.15. The van der Waals surface area contributed by atoms with Gasteiger partial charge >= 0.3 is 0 Å². The highest BCUT2D eigenvalue weighted by molar-refractivity contribution is 6.37. The summed E-state index contributed by atoms with van der Waals surface area (Å²) in [5.41, 5.74) is 6.56. The third-order valence-corrected chi connectivity index (χ3v) is 3.50. The number of nitrogens with two attached hydrogens (primary N) is 1. The zero-order chi connectivity index (χ0) is 17.1. The summed E-state index contributed by atoms with van der Waals surface area (Å²) in [5, 5.41) is 3.19. The average Bonchev–Trinajstić information content (AvgIpc) is 2.45. The summed E-state index contributed by atoms with van der Waals surface area (Å²) in [7, 11) is 1.48. The quantitative estimate of drug-likeness (QED) is 0.798. The van der Waals surface area contributed by atoms with Crippen molar-refractivity contribution < 1.29 is 9.53 Å². The van der Waals surface area contributed by atoms with Gasteiger partial charge in [-0.2, -0.15) is 4.98 Å². The van der Waals surface area contributed by atoms with Crippen LogP contribution in [0.2, 0.25) is 10.2 Å². The Bertz CT molecular complexity index is 752. The number of pyridine rings is 1. The summed E-state index contributed by atoms with van der Waals surface area (Å²) in [6, 6.07) is 1.34. The summed E-state index contributed by atoms with van der Waals surface area (Å²) >= 11 is 12.0. The molecule has 0 fully saturated rings. The van der Waals surface area contributed by atoms with E-state index in [2.05, 4.69) is 20.3 Å². The molecular formula is C14H15Cl2N5O2. The number of ether oxygens (including phenoxy) is 1. The molecule has 2 aromatic rings. The highest BCUT2D eigenvalue weighted by Gasteiger charge is 2.21. The largest absolute Gasteiger partial charge is 0.479 e. The Balaban J connectivity index is 2.62. The Morgan fingerprint density at radius 2 is 2.04 bits per heavy atom. The molecule has 0 atom stereocenters. The van der Waals surface area contributed by atoms with E-state index in [-0.39, 0.29) is 27.5 Å². The number of anilines is 2. The van der Waals surface area contributed by atoms with E-state index in [4.69, 9.17) is 33.7 Å². The number of methoxy groups -OCH3 is 1. The third kappa shape index (κ3) is 3.62. The monoisotopic (exact) mass is 355 g/mol. The van der Waals surface area contributed by atoms with Crippen LogP contribution in [0.5, 0.6) is 5.88 Å². The zero-order valence-electron chi connectivity index (χ0n) is 12.7. The van der Waals surface area contributed by atoms with E-state index < -0.39 is 5.91 Å². The molecule has 0 unspecified atom stereocenters. The summed E-state index contributed by atoms with van der Waals surface area (Å²) in [6.07, 6.45) is 1.40. The van der Waals surface area contributed by atoms with Crippen LogP contribution in [0.15, 0.2) is 12.4 Å². The first-order valence-corrected chi connectivity index (χ1v) is 7.42. The second-order valence-electron chi connectivity index (χ2n) is 4.94. The summed E-state index contributed by atoms with van der Waals surface area (Å²) in [6.45, 7) is 3.92. The maximum atomic E-state index is 11.7. The Kier molecular flexibility index (Phi) is 5.23. The van der Waals surface area contributed by atoms with Gasteiger partial charge in [0.05, 0.1) is 17.8 Å². The number of carbonyl (C=O) groups is 1. The molecule has 1 amide bonds. The Morgan fingerprint density at radius 1 is 1.35 bits per heavy atom. The van der Waals surface area contributed by atoms with Gasteiger partial charge in [0.1, 0.15) is 28.5 Å². The van der Waals surface area contributed by atoms with E-state index in [0.717, 1.165) is 0 Å². The first kappa shape index (κ1) is 17.2. The molecule has 2 aromatic heterocycles. The number of hydrogen-bond donors (Lipinski definition) is 2. The van der Waals surface area contributed by atoms with Crippen molar-refractivity contribution in [3.8, 4) is 5.88 Å². The van der Waals surface area contributed by atoms with Gasteiger partial charge < -0.3 is 15.8 Å². The van der Waals surface area contributed by atoms with E-state index in [0.29, 0.717) is 17.3 Å². The highest BCUT2D eigenvalue weighted by Crippen LogP contribution is 2.34. The normalized spacial score (nSPS) is 10.7. The number of halogens is 2. The lowest BCUT2D eigenvalue weighted by Gasteiger charge is -2.17. The second kappa shape index (κ2) is 6.97. The van der Waals surface area contributed by atoms with Crippen LogP contribution in [0.4, 0.5) is 11.5 Å². The van der Waals surface area contributed by atoms with E-state index in [9.17, 15) is 4.79 Å². The molecule has 0 radical (unpaired) electrons. The number of rotatable bonds is 5. The number of primary amides is 1. The van der Waals surface area contributed by atoms with Crippen molar-refractivity contribution in [1.82, 2.24) is 15.0 Å². The molecule has 0 aliphatic heterocycles. The topological polar surface area (TPSA) is 103 Å². The minimum Gasteiger partial charge on any atom is -0.479 e. The molecular weight excluding hydrogens is 341 g/mol. The molecule has 23 heavy (non-hydrogen) atoms. The van der Waals surface area contributed by atoms with E-state index in [1.54, 1.807) is 0 Å². The minimum absolute atomic E-state index is 0.0247. The number of nitrogens with zero attached hydrogens (tertiary/aromatic N) is 3. The molecule has 2 rings (SSSR count). The Morgan fingerprint density at radius 3 is 2.61 bits per heavy atom. The minimum atomic E-state index is -0.733. The predicted molar refractivity (Wildman–Crippen MR) is 88.7 cm³/mol. The number of hydrogen-bond acceptors (Lipinski definition) is 6. The first-order valence-electron chi connectivity index (χ1n) is 6.66. The molecule has 2 heterocycles. The van der Waals surface area contributed by atoms with E-state index >= 15 is 0 Å². The van der Waals surface area contributed by atoms with Crippen molar-refractivity contribution in [3.05, 3.63) is 33.8 Å². The van der Waals surface area contributed by atoms with Crippen LogP contribution >= 0.6 is 23.2 Å². The van der Waals surface area contributed by atoms with Crippen molar-refractivity contribution in [2.75, 3.05) is 12.4 Å². The Hall–Kier alpha value is -2.12. The molecule has 0 aliphatic carbocycles. The summed E-state index contributed by atoms with van der Waals surface area (Å²) in [5.74, 6) is -0.244. The van der Waals surface area contributed by atoms with Crippen molar-refractivity contribution in [2.45, 2.75) is 19.8 Å². The lowest BCUT2D eigenvalue weighted by molar-refractivity contribution is 0.100. The standard InChI is InChI=1S/C14H15Cl2N5O2/c1-6(2)10-11(14(23-3)19-5-18-10)21-13-9(12(17)22)7(15)4-8(16)20-13/h4-6H,1-3H3,(H2,17,22)(H,20,21). The van der Waals surface area contributed by atoms with Gasteiger partial charge in [-0.1, -0.05) is 37.0 Å². The van der Waals surface area contributed by atoms with Crippen molar-refractivity contribution in [3.63, 3.8) is 0 Å². The van der Waals surface area contributed by atoms with Crippen molar-refractivity contribution in [2.24, 2.45) is 5.73 Å². The molecule has 0 spiro atoms. The molecule has 9 heteroatoms. The van der Waals surface area contributed by atoms with Crippen molar-refractivity contribution >= 4 is 40.6 Å². The maximum absolute atomic E-state index is 11.7. The van der Waals surface area contributed by atoms with Crippen LogP contribution in [0, 0.1) is 0 Å². The second-order valence-corrected chi connectivity index (χ2v) is 5.73. The van der Waals surface area contributed by atoms with Crippen LogP contribution < -0.4 is 15.8 Å². The van der Waals surface area contributed by atoms with Crippen LogP contribution in [0.1, 0.15) is 35.8 Å². The molecule has 0 bridgehead atoms. The van der Waals surface area contributed by atoms with Gasteiger partial charge in [-0.05, 0) is 12.0 Å². The summed E-state index contributed by atoms with van der Waals surface area (Å²) in [4.78, 5) is 24.0. The van der Waals surface area contributed by atoms with Gasteiger partial charge in [0.15, 0.2) is 0 Å². The van der Waals surface area contributed by atoms with E-state index in [1.807, 2.05) is 13.8 Å². The zero-order valence-corrected chi connectivity index (χ0v) is 14.2. The van der Waals surface area contributed by atoms with Crippen LogP contribution in [0.3, 0.4) is 0 Å². The maximum Gasteiger partial charge on any atom is 0.253 e. The fraction of sp³-hybridized carbons (Fsp3) is 0.286.